The molecule has 0 aromatic carbocycles. The smallest absolute Gasteiger partial charge is 0.307 e. The van der Waals surface area contributed by atoms with Crippen LogP contribution in [0.5, 0.6) is 0 Å². The van der Waals surface area contributed by atoms with Crippen LogP contribution in [-0.2, 0) is 4.79 Å². The highest BCUT2D eigenvalue weighted by molar-refractivity contribution is 5.71. The van der Waals surface area contributed by atoms with Gasteiger partial charge in [-0.05, 0) is 18.3 Å². The quantitative estimate of drug-likeness (QED) is 0.579. The van der Waals surface area contributed by atoms with Gasteiger partial charge in [0.2, 0.25) is 0 Å². The molecule has 0 radical (unpaired) electrons. The molecule has 0 aliphatic heterocycles. The second-order valence-corrected chi connectivity index (χ2v) is 3.05. The highest BCUT2D eigenvalue weighted by Crippen LogP contribution is 2.39. The van der Waals surface area contributed by atoms with Crippen molar-refractivity contribution in [3.63, 3.8) is 0 Å². The summed E-state index contributed by atoms with van der Waals surface area (Å²) in [7, 11) is 0. The van der Waals surface area contributed by atoms with Crippen LogP contribution in [-0.4, -0.2) is 11.1 Å². The second kappa shape index (κ2) is 2.01. The van der Waals surface area contributed by atoms with Crippen molar-refractivity contribution in [3.05, 3.63) is 0 Å². The predicted molar refractivity (Wildman–Crippen MR) is 34.1 cm³/mol. The number of hydrogen-bond acceptors (Lipinski definition) is 1. The maximum absolute atomic E-state index is 10.4. The lowest BCUT2D eigenvalue weighted by Gasteiger charge is -2.37. The number of carboxylic acids is 1. The molecule has 52 valence electrons. The van der Waals surface area contributed by atoms with Crippen LogP contribution < -0.4 is 0 Å². The minimum Gasteiger partial charge on any atom is -0.481 e. The van der Waals surface area contributed by atoms with Gasteiger partial charge in [-0.15, -0.1) is 0 Å². The fraction of sp³-hybridized carbons (Fsp3) is 0.857. The Hall–Kier alpha value is -0.530. The molecule has 1 saturated carbocycles. The second-order valence-electron chi connectivity index (χ2n) is 3.05. The van der Waals surface area contributed by atoms with Gasteiger partial charge in [0.15, 0.2) is 0 Å². The molecular formula is C7H12O2. The number of aliphatic carboxylic acids is 1. The molecule has 9 heavy (non-hydrogen) atoms. The van der Waals surface area contributed by atoms with Gasteiger partial charge in [0.25, 0.3) is 0 Å². The zero-order valence-corrected chi connectivity index (χ0v) is 5.79. The topological polar surface area (TPSA) is 37.3 Å². The molecule has 0 amide bonds. The first-order valence-corrected chi connectivity index (χ1v) is 3.35. The lowest BCUT2D eigenvalue weighted by Crippen LogP contribution is -2.38. The Bertz CT molecular complexity index is 123. The molecule has 1 rings (SSSR count). The SMILES string of the molecule is C[C@@H]1C[C@H](C)C1C(=O)O. The van der Waals surface area contributed by atoms with Gasteiger partial charge >= 0.3 is 5.97 Å². The van der Waals surface area contributed by atoms with Gasteiger partial charge in [0.1, 0.15) is 0 Å². The lowest BCUT2D eigenvalue weighted by atomic mass is 9.67. The van der Waals surface area contributed by atoms with E-state index in [1.54, 1.807) is 0 Å². The molecule has 1 fully saturated rings. The summed E-state index contributed by atoms with van der Waals surface area (Å²) < 4.78 is 0. The first-order chi connectivity index (χ1) is 4.13. The van der Waals surface area contributed by atoms with Gasteiger partial charge in [0, 0.05) is 0 Å². The summed E-state index contributed by atoms with van der Waals surface area (Å²) in [6.45, 7) is 4.00. The Labute approximate surface area is 54.9 Å². The first kappa shape index (κ1) is 6.59. The van der Waals surface area contributed by atoms with Crippen LogP contribution in [0.4, 0.5) is 0 Å². The van der Waals surface area contributed by atoms with E-state index in [2.05, 4.69) is 0 Å². The van der Waals surface area contributed by atoms with Crippen molar-refractivity contribution in [1.82, 2.24) is 0 Å². The van der Waals surface area contributed by atoms with Crippen LogP contribution in [0.25, 0.3) is 0 Å². The summed E-state index contributed by atoms with van der Waals surface area (Å²) in [5, 5.41) is 8.57. The summed E-state index contributed by atoms with van der Waals surface area (Å²) in [6, 6.07) is 0. The third-order valence-electron chi connectivity index (χ3n) is 2.25. The molecule has 0 spiro atoms. The average molecular weight is 128 g/mol. The van der Waals surface area contributed by atoms with E-state index in [0.29, 0.717) is 11.8 Å². The van der Waals surface area contributed by atoms with Gasteiger partial charge in [0.05, 0.1) is 5.92 Å². The molecule has 0 saturated heterocycles. The molecular weight excluding hydrogens is 116 g/mol. The van der Waals surface area contributed by atoms with Crippen LogP contribution in [0.3, 0.4) is 0 Å². The number of hydrogen-bond donors (Lipinski definition) is 1. The third-order valence-corrected chi connectivity index (χ3v) is 2.25. The maximum Gasteiger partial charge on any atom is 0.307 e. The van der Waals surface area contributed by atoms with Crippen molar-refractivity contribution in [2.24, 2.45) is 17.8 Å². The van der Waals surface area contributed by atoms with E-state index in [4.69, 9.17) is 5.11 Å². The molecule has 2 heteroatoms. The van der Waals surface area contributed by atoms with Crippen molar-refractivity contribution in [1.29, 1.82) is 0 Å². The van der Waals surface area contributed by atoms with Crippen molar-refractivity contribution >= 4 is 5.97 Å². The normalized spacial score (nSPS) is 41.8. The van der Waals surface area contributed by atoms with Crippen molar-refractivity contribution in [2.75, 3.05) is 0 Å². The van der Waals surface area contributed by atoms with Gasteiger partial charge < -0.3 is 5.11 Å². The van der Waals surface area contributed by atoms with Crippen LogP contribution in [0, 0.1) is 17.8 Å². The van der Waals surface area contributed by atoms with E-state index in [0.717, 1.165) is 6.42 Å². The van der Waals surface area contributed by atoms with E-state index in [1.807, 2.05) is 13.8 Å². The van der Waals surface area contributed by atoms with E-state index >= 15 is 0 Å². The summed E-state index contributed by atoms with van der Waals surface area (Å²) in [5.74, 6) is 0.112. The van der Waals surface area contributed by atoms with E-state index in [-0.39, 0.29) is 5.92 Å². The van der Waals surface area contributed by atoms with Gasteiger partial charge in [-0.25, -0.2) is 0 Å². The van der Waals surface area contributed by atoms with Crippen LogP contribution in [0.15, 0.2) is 0 Å². The Morgan fingerprint density at radius 3 is 2.00 bits per heavy atom. The third kappa shape index (κ3) is 0.934. The lowest BCUT2D eigenvalue weighted by molar-refractivity contribution is -0.151. The highest BCUT2D eigenvalue weighted by atomic mass is 16.4. The first-order valence-electron chi connectivity index (χ1n) is 3.35. The van der Waals surface area contributed by atoms with Gasteiger partial charge in [-0.3, -0.25) is 4.79 Å². The molecule has 0 bridgehead atoms. The molecule has 1 aliphatic rings. The largest absolute Gasteiger partial charge is 0.481 e. The van der Waals surface area contributed by atoms with E-state index < -0.39 is 5.97 Å². The molecule has 3 atom stereocenters. The standard InChI is InChI=1S/C7H12O2/c1-4-3-5(2)6(4)7(8)9/h4-6H,3H2,1-2H3,(H,8,9)/t4-,5+,6?. The summed E-state index contributed by atoms with van der Waals surface area (Å²) in [4.78, 5) is 10.4. The Morgan fingerprint density at radius 2 is 1.89 bits per heavy atom. The molecule has 0 aromatic heterocycles. The van der Waals surface area contributed by atoms with Crippen molar-refractivity contribution in [2.45, 2.75) is 20.3 Å². The van der Waals surface area contributed by atoms with Gasteiger partial charge in [-0.2, -0.15) is 0 Å². The highest BCUT2D eigenvalue weighted by Gasteiger charge is 2.39. The summed E-state index contributed by atoms with van der Waals surface area (Å²) in [5.41, 5.74) is 0. The number of carboxylic acid groups (broad SMARTS) is 1. The zero-order chi connectivity index (χ0) is 7.02. The Balaban J connectivity index is 2.49. The molecule has 1 aliphatic carbocycles. The van der Waals surface area contributed by atoms with Crippen molar-refractivity contribution < 1.29 is 9.90 Å². The van der Waals surface area contributed by atoms with Crippen molar-refractivity contribution in [3.8, 4) is 0 Å². The Kier molecular flexibility index (Phi) is 1.47. The summed E-state index contributed by atoms with van der Waals surface area (Å²) in [6.07, 6.45) is 1.08. The predicted octanol–water partition coefficient (Wildman–Crippen LogP) is 1.36. The monoisotopic (exact) mass is 128 g/mol. The molecule has 1 N–H and O–H groups in total. The molecule has 1 unspecified atom stereocenters. The number of rotatable bonds is 1. The van der Waals surface area contributed by atoms with Gasteiger partial charge in [-0.1, -0.05) is 13.8 Å². The minimum absolute atomic E-state index is 0.0648. The van der Waals surface area contributed by atoms with E-state index in [1.165, 1.54) is 0 Å². The zero-order valence-electron chi connectivity index (χ0n) is 5.79. The fourth-order valence-electron chi connectivity index (χ4n) is 1.73. The minimum atomic E-state index is -0.624. The maximum atomic E-state index is 10.4. The van der Waals surface area contributed by atoms with Crippen LogP contribution in [0.1, 0.15) is 20.3 Å². The van der Waals surface area contributed by atoms with E-state index in [9.17, 15) is 4.79 Å². The molecule has 0 aromatic rings. The number of carbonyl (C=O) groups is 1. The molecule has 0 heterocycles. The average Bonchev–Trinajstić information content (AvgIpc) is 1.62. The summed E-state index contributed by atoms with van der Waals surface area (Å²) >= 11 is 0. The molecule has 2 nitrogen and oxygen atoms in total. The van der Waals surface area contributed by atoms with Crippen LogP contribution in [0.2, 0.25) is 0 Å². The van der Waals surface area contributed by atoms with Crippen LogP contribution >= 0.6 is 0 Å². The fourth-order valence-corrected chi connectivity index (χ4v) is 1.73. The Morgan fingerprint density at radius 1 is 1.44 bits per heavy atom.